The van der Waals surface area contributed by atoms with Gasteiger partial charge in [0.15, 0.2) is 0 Å². The molecule has 3 nitrogen and oxygen atoms in total. The molecule has 0 bridgehead atoms. The molecule has 1 N–H and O–H groups in total. The van der Waals surface area contributed by atoms with Gasteiger partial charge in [-0.05, 0) is 50.4 Å². The number of piperidine rings is 1. The van der Waals surface area contributed by atoms with Crippen molar-refractivity contribution in [3.05, 3.63) is 35.4 Å². The molecule has 1 aromatic carbocycles. The van der Waals surface area contributed by atoms with Crippen molar-refractivity contribution in [3.8, 4) is 0 Å². The molecule has 1 saturated heterocycles. The Balaban J connectivity index is 1.70. The van der Waals surface area contributed by atoms with Crippen molar-refractivity contribution >= 4 is 5.91 Å². The van der Waals surface area contributed by atoms with E-state index in [4.69, 9.17) is 0 Å². The molecule has 0 aromatic heterocycles. The smallest absolute Gasteiger partial charge is 0.223 e. The van der Waals surface area contributed by atoms with Crippen molar-refractivity contribution in [2.75, 3.05) is 14.1 Å². The third-order valence-corrected chi connectivity index (χ3v) is 4.98. The zero-order chi connectivity index (χ0) is 14.8. The van der Waals surface area contributed by atoms with Crippen LogP contribution >= 0.6 is 0 Å². The van der Waals surface area contributed by atoms with E-state index in [1.807, 2.05) is 0 Å². The number of carbonyl (C=O) groups is 1. The highest BCUT2D eigenvalue weighted by Gasteiger charge is 2.37. The molecule has 21 heavy (non-hydrogen) atoms. The SMILES string of the molecule is CN(C)Cc1ccc(C2CC3CCCCC3C(=O)N2)cc1. The average molecular weight is 286 g/mol. The highest BCUT2D eigenvalue weighted by atomic mass is 16.2. The molecule has 0 spiro atoms. The maximum absolute atomic E-state index is 12.3. The Labute approximate surface area is 127 Å². The van der Waals surface area contributed by atoms with E-state index in [1.165, 1.54) is 30.4 Å². The summed E-state index contributed by atoms with van der Waals surface area (Å²) in [6, 6.07) is 8.97. The van der Waals surface area contributed by atoms with Crippen molar-refractivity contribution in [1.82, 2.24) is 10.2 Å². The molecule has 1 aliphatic carbocycles. The number of nitrogens with one attached hydrogen (secondary N) is 1. The fraction of sp³-hybridized carbons (Fsp3) is 0.611. The minimum absolute atomic E-state index is 0.213. The van der Waals surface area contributed by atoms with Gasteiger partial charge in [-0.25, -0.2) is 0 Å². The van der Waals surface area contributed by atoms with Gasteiger partial charge in [-0.2, -0.15) is 0 Å². The molecule has 3 heteroatoms. The molecule has 2 fully saturated rings. The molecule has 114 valence electrons. The summed E-state index contributed by atoms with van der Waals surface area (Å²) in [6.07, 6.45) is 5.95. The molecular formula is C18H26N2O. The molecule has 1 heterocycles. The lowest BCUT2D eigenvalue weighted by atomic mass is 9.72. The van der Waals surface area contributed by atoms with E-state index in [-0.39, 0.29) is 17.9 Å². The summed E-state index contributed by atoms with van der Waals surface area (Å²) in [6.45, 7) is 0.960. The van der Waals surface area contributed by atoms with Crippen LogP contribution in [0.5, 0.6) is 0 Å². The summed E-state index contributed by atoms with van der Waals surface area (Å²) >= 11 is 0. The monoisotopic (exact) mass is 286 g/mol. The maximum Gasteiger partial charge on any atom is 0.223 e. The van der Waals surface area contributed by atoms with Crippen LogP contribution in [-0.2, 0) is 11.3 Å². The topological polar surface area (TPSA) is 32.3 Å². The second kappa shape index (κ2) is 6.18. The predicted molar refractivity (Wildman–Crippen MR) is 84.8 cm³/mol. The Hall–Kier alpha value is -1.35. The van der Waals surface area contributed by atoms with Crippen molar-refractivity contribution in [2.45, 2.75) is 44.7 Å². The largest absolute Gasteiger partial charge is 0.349 e. The van der Waals surface area contributed by atoms with Crippen LogP contribution < -0.4 is 5.32 Å². The molecule has 3 atom stereocenters. The summed E-state index contributed by atoms with van der Waals surface area (Å²) < 4.78 is 0. The van der Waals surface area contributed by atoms with Crippen LogP contribution in [0.15, 0.2) is 24.3 Å². The van der Waals surface area contributed by atoms with E-state index < -0.39 is 0 Å². The Bertz CT molecular complexity index is 494. The van der Waals surface area contributed by atoms with Crippen LogP contribution in [0.2, 0.25) is 0 Å². The van der Waals surface area contributed by atoms with Gasteiger partial charge in [0.1, 0.15) is 0 Å². The predicted octanol–water partition coefficient (Wildman–Crippen LogP) is 3.12. The van der Waals surface area contributed by atoms with Gasteiger partial charge < -0.3 is 10.2 Å². The molecule has 3 unspecified atom stereocenters. The number of hydrogen-bond acceptors (Lipinski definition) is 2. The molecule has 1 amide bonds. The van der Waals surface area contributed by atoms with Crippen molar-refractivity contribution in [3.63, 3.8) is 0 Å². The van der Waals surface area contributed by atoms with Gasteiger partial charge in [-0.15, -0.1) is 0 Å². The van der Waals surface area contributed by atoms with E-state index >= 15 is 0 Å². The summed E-state index contributed by atoms with van der Waals surface area (Å²) in [5.74, 6) is 1.16. The molecule has 1 aromatic rings. The maximum atomic E-state index is 12.3. The Morgan fingerprint density at radius 3 is 2.57 bits per heavy atom. The molecule has 2 aliphatic rings. The van der Waals surface area contributed by atoms with Crippen molar-refractivity contribution in [2.24, 2.45) is 11.8 Å². The first-order valence-corrected chi connectivity index (χ1v) is 8.17. The minimum atomic E-state index is 0.213. The van der Waals surface area contributed by atoms with E-state index in [0.717, 1.165) is 19.4 Å². The number of benzene rings is 1. The Morgan fingerprint density at radius 1 is 1.14 bits per heavy atom. The number of amides is 1. The summed E-state index contributed by atoms with van der Waals surface area (Å²) in [7, 11) is 4.16. The summed E-state index contributed by atoms with van der Waals surface area (Å²) in [5, 5.41) is 3.24. The number of rotatable bonds is 3. The third-order valence-electron chi connectivity index (χ3n) is 4.98. The van der Waals surface area contributed by atoms with E-state index in [2.05, 4.69) is 48.6 Å². The minimum Gasteiger partial charge on any atom is -0.349 e. The fourth-order valence-corrected chi connectivity index (χ4v) is 3.92. The van der Waals surface area contributed by atoms with Gasteiger partial charge in [0.25, 0.3) is 0 Å². The zero-order valence-electron chi connectivity index (χ0n) is 13.1. The highest BCUT2D eigenvalue weighted by Crippen LogP contribution is 2.40. The Kier molecular flexibility index (Phi) is 4.29. The third kappa shape index (κ3) is 3.29. The number of hydrogen-bond donors (Lipinski definition) is 1. The fourth-order valence-electron chi connectivity index (χ4n) is 3.92. The van der Waals surface area contributed by atoms with Gasteiger partial charge >= 0.3 is 0 Å². The van der Waals surface area contributed by atoms with Crippen LogP contribution in [-0.4, -0.2) is 24.9 Å². The molecule has 1 aliphatic heterocycles. The second-order valence-electron chi connectivity index (χ2n) is 6.93. The average Bonchev–Trinajstić information content (AvgIpc) is 2.47. The van der Waals surface area contributed by atoms with Gasteiger partial charge in [-0.3, -0.25) is 4.79 Å². The van der Waals surface area contributed by atoms with Gasteiger partial charge in [0.2, 0.25) is 5.91 Å². The first-order chi connectivity index (χ1) is 10.1. The first kappa shape index (κ1) is 14.6. The molecular weight excluding hydrogens is 260 g/mol. The van der Waals surface area contributed by atoms with Crippen LogP contribution in [0, 0.1) is 11.8 Å². The number of nitrogens with zero attached hydrogens (tertiary/aromatic N) is 1. The molecule has 3 rings (SSSR count). The van der Waals surface area contributed by atoms with Gasteiger partial charge in [0, 0.05) is 12.5 Å². The van der Waals surface area contributed by atoms with Crippen molar-refractivity contribution < 1.29 is 4.79 Å². The molecule has 1 saturated carbocycles. The lowest BCUT2D eigenvalue weighted by Gasteiger charge is -2.39. The lowest BCUT2D eigenvalue weighted by molar-refractivity contribution is -0.131. The Morgan fingerprint density at radius 2 is 1.86 bits per heavy atom. The standard InChI is InChI=1S/C18H26N2O/c1-20(2)12-13-7-9-14(10-8-13)17-11-15-5-3-4-6-16(15)18(21)19-17/h7-10,15-17H,3-6,11-12H2,1-2H3,(H,19,21). The van der Waals surface area contributed by atoms with E-state index in [9.17, 15) is 4.79 Å². The zero-order valence-corrected chi connectivity index (χ0v) is 13.1. The van der Waals surface area contributed by atoms with Crippen molar-refractivity contribution in [1.29, 1.82) is 0 Å². The van der Waals surface area contributed by atoms with Crippen LogP contribution in [0.1, 0.15) is 49.3 Å². The normalized spacial score (nSPS) is 29.1. The van der Waals surface area contributed by atoms with Crippen LogP contribution in [0.25, 0.3) is 0 Å². The number of fused-ring (bicyclic) bond motifs is 1. The summed E-state index contributed by atoms with van der Waals surface area (Å²) in [5.41, 5.74) is 2.58. The first-order valence-electron chi connectivity index (χ1n) is 8.17. The van der Waals surface area contributed by atoms with Crippen LogP contribution in [0.3, 0.4) is 0 Å². The van der Waals surface area contributed by atoms with Crippen LogP contribution in [0.4, 0.5) is 0 Å². The van der Waals surface area contributed by atoms with Gasteiger partial charge in [0.05, 0.1) is 6.04 Å². The summed E-state index contributed by atoms with van der Waals surface area (Å²) in [4.78, 5) is 14.5. The van der Waals surface area contributed by atoms with E-state index in [1.54, 1.807) is 0 Å². The quantitative estimate of drug-likeness (QED) is 0.926. The lowest BCUT2D eigenvalue weighted by Crippen LogP contribution is -2.45. The van der Waals surface area contributed by atoms with E-state index in [0.29, 0.717) is 5.92 Å². The number of carbonyl (C=O) groups excluding carboxylic acids is 1. The second-order valence-corrected chi connectivity index (χ2v) is 6.93. The molecule has 0 radical (unpaired) electrons. The highest BCUT2D eigenvalue weighted by molar-refractivity contribution is 5.80. The van der Waals surface area contributed by atoms with Gasteiger partial charge in [-0.1, -0.05) is 37.1 Å².